The second-order valence-electron chi connectivity index (χ2n) is 11.7. The van der Waals surface area contributed by atoms with Crippen molar-refractivity contribution in [3.63, 3.8) is 0 Å². The Morgan fingerprint density at radius 1 is 1.05 bits per heavy atom. The van der Waals surface area contributed by atoms with Crippen molar-refractivity contribution in [1.82, 2.24) is 10.3 Å². The van der Waals surface area contributed by atoms with Crippen molar-refractivity contribution in [2.24, 2.45) is 0 Å². The van der Waals surface area contributed by atoms with Gasteiger partial charge in [-0.25, -0.2) is 14.6 Å². The number of thioether (sulfide) groups is 1. The molecule has 3 aromatic rings. The quantitative estimate of drug-likeness (QED) is 0.189. The third-order valence-corrected chi connectivity index (χ3v) is 9.22. The summed E-state index contributed by atoms with van der Waals surface area (Å²) in [6, 6.07) is 17.0. The van der Waals surface area contributed by atoms with E-state index in [-0.39, 0.29) is 5.75 Å². The number of benzene rings is 2. The number of carbonyl (C=O) groups is 2. The van der Waals surface area contributed by atoms with Crippen molar-refractivity contribution < 1.29 is 19.4 Å². The lowest BCUT2D eigenvalue weighted by Gasteiger charge is -2.30. The topological polar surface area (TPSA) is 91.8 Å². The van der Waals surface area contributed by atoms with Crippen LogP contribution in [0.5, 0.6) is 0 Å². The second-order valence-corrected chi connectivity index (χ2v) is 13.8. The molecule has 0 unspecified atom stereocenters. The van der Waals surface area contributed by atoms with Crippen LogP contribution >= 0.6 is 23.1 Å². The molecule has 3 rings (SSSR count). The van der Waals surface area contributed by atoms with Crippen molar-refractivity contribution in [3.8, 4) is 10.4 Å². The van der Waals surface area contributed by atoms with Crippen LogP contribution in [0.1, 0.15) is 83.4 Å². The molecule has 0 spiro atoms. The molecule has 2 N–H and O–H groups in total. The van der Waals surface area contributed by atoms with E-state index >= 15 is 0 Å². The summed E-state index contributed by atoms with van der Waals surface area (Å²) in [6.45, 7) is 15.0. The summed E-state index contributed by atoms with van der Waals surface area (Å²) in [4.78, 5) is 31.6. The number of hydrogen-bond acceptors (Lipinski definition) is 7. The van der Waals surface area contributed by atoms with Gasteiger partial charge in [-0.05, 0) is 82.2 Å². The number of amides is 1. The van der Waals surface area contributed by atoms with Crippen LogP contribution in [0.2, 0.25) is 0 Å². The fourth-order valence-electron chi connectivity index (χ4n) is 4.64. The largest absolute Gasteiger partial charge is 0.480 e. The molecule has 0 saturated carbocycles. The number of aliphatic carboxylic acids is 1. The van der Waals surface area contributed by atoms with Gasteiger partial charge in [-0.3, -0.25) is 0 Å². The molecule has 42 heavy (non-hydrogen) atoms. The standard InChI is InChI=1S/C33H45N3O4S2/c1-8-24(9-2)25-14-16-27(17-15-25)36(22(3)4)19-23-10-12-26(13-11-23)29-18-34-30(42-29)21-41-20-28(31(37)38)35-32(39)40-33(5,6)7/h10-18,22,24,28H,8-9,19-21H2,1-7H3,(H,35,39)(H,37,38)/t28-/m1/s1. The summed E-state index contributed by atoms with van der Waals surface area (Å²) in [5.74, 6) is 0.295. The van der Waals surface area contributed by atoms with Crippen molar-refractivity contribution in [2.45, 2.75) is 97.2 Å². The molecule has 0 fully saturated rings. The first-order chi connectivity index (χ1) is 19.9. The maximum absolute atomic E-state index is 12.0. The number of nitrogens with one attached hydrogen (secondary N) is 1. The fraction of sp³-hybridized carbons (Fsp3) is 0.485. The van der Waals surface area contributed by atoms with Gasteiger partial charge in [-0.2, -0.15) is 11.8 Å². The minimum Gasteiger partial charge on any atom is -0.480 e. The molecule has 0 radical (unpaired) electrons. The number of anilines is 1. The maximum Gasteiger partial charge on any atom is 0.408 e. The second kappa shape index (κ2) is 15.4. The van der Waals surface area contributed by atoms with E-state index in [1.54, 1.807) is 32.1 Å². The Balaban J connectivity index is 1.58. The maximum atomic E-state index is 12.0. The monoisotopic (exact) mass is 611 g/mol. The lowest BCUT2D eigenvalue weighted by atomic mass is 9.94. The molecule has 0 aliphatic carbocycles. The van der Waals surface area contributed by atoms with Gasteiger partial charge in [-0.1, -0.05) is 50.2 Å². The highest BCUT2D eigenvalue weighted by atomic mass is 32.2. The van der Waals surface area contributed by atoms with Gasteiger partial charge >= 0.3 is 12.1 Å². The van der Waals surface area contributed by atoms with E-state index in [1.165, 1.54) is 28.6 Å². The first kappa shape index (κ1) is 33.5. The van der Waals surface area contributed by atoms with Crippen molar-refractivity contribution in [1.29, 1.82) is 0 Å². The Hall–Kier alpha value is -3.04. The Kier molecular flexibility index (Phi) is 12.3. The fourth-order valence-corrected chi connectivity index (χ4v) is 6.67. The van der Waals surface area contributed by atoms with E-state index in [4.69, 9.17) is 4.74 Å². The molecule has 0 bridgehead atoms. The van der Waals surface area contributed by atoms with E-state index in [0.29, 0.717) is 17.7 Å². The van der Waals surface area contributed by atoms with Crippen LogP contribution in [0.4, 0.5) is 10.5 Å². The first-order valence-corrected chi connectivity index (χ1v) is 16.6. The van der Waals surface area contributed by atoms with Crippen molar-refractivity contribution in [3.05, 3.63) is 70.9 Å². The van der Waals surface area contributed by atoms with Crippen LogP contribution in [0.15, 0.2) is 54.7 Å². The van der Waals surface area contributed by atoms with Crippen LogP contribution in [0, 0.1) is 0 Å². The summed E-state index contributed by atoms with van der Waals surface area (Å²) in [5, 5.41) is 12.8. The molecule has 228 valence electrons. The van der Waals surface area contributed by atoms with Crippen LogP contribution < -0.4 is 10.2 Å². The summed E-state index contributed by atoms with van der Waals surface area (Å²) in [6.07, 6.45) is 3.45. The molecule has 0 aliphatic heterocycles. The summed E-state index contributed by atoms with van der Waals surface area (Å²) < 4.78 is 5.18. The van der Waals surface area contributed by atoms with Crippen LogP contribution in [-0.2, 0) is 21.8 Å². The number of aromatic nitrogens is 1. The van der Waals surface area contributed by atoms with Gasteiger partial charge < -0.3 is 20.1 Å². The Labute approximate surface area is 259 Å². The zero-order valence-corrected chi connectivity index (χ0v) is 27.5. The predicted molar refractivity (Wildman–Crippen MR) is 176 cm³/mol. The van der Waals surface area contributed by atoms with Gasteiger partial charge in [-0.15, -0.1) is 11.3 Å². The highest BCUT2D eigenvalue weighted by Gasteiger charge is 2.24. The predicted octanol–water partition coefficient (Wildman–Crippen LogP) is 8.34. The molecule has 1 aromatic heterocycles. The van der Waals surface area contributed by atoms with E-state index in [9.17, 15) is 14.7 Å². The Morgan fingerprint density at radius 2 is 1.69 bits per heavy atom. The highest BCUT2D eigenvalue weighted by molar-refractivity contribution is 7.98. The van der Waals surface area contributed by atoms with Gasteiger partial charge in [0.05, 0.1) is 4.88 Å². The molecule has 0 aliphatic rings. The van der Waals surface area contributed by atoms with Gasteiger partial charge in [0.2, 0.25) is 0 Å². The summed E-state index contributed by atoms with van der Waals surface area (Å²) >= 11 is 3.01. The van der Waals surface area contributed by atoms with Crippen LogP contribution in [0.3, 0.4) is 0 Å². The van der Waals surface area contributed by atoms with Gasteiger partial charge in [0.25, 0.3) is 0 Å². The van der Waals surface area contributed by atoms with E-state index < -0.39 is 23.7 Å². The zero-order chi connectivity index (χ0) is 30.9. The van der Waals surface area contributed by atoms with Gasteiger partial charge in [0.1, 0.15) is 16.7 Å². The lowest BCUT2D eigenvalue weighted by Crippen LogP contribution is -2.44. The molecule has 9 heteroatoms. The lowest BCUT2D eigenvalue weighted by molar-refractivity contribution is -0.138. The van der Waals surface area contributed by atoms with Crippen molar-refractivity contribution >= 4 is 40.8 Å². The normalized spacial score (nSPS) is 12.4. The number of carboxylic acid groups (broad SMARTS) is 1. The molecule has 7 nitrogen and oxygen atoms in total. The minimum atomic E-state index is -1.09. The molecular weight excluding hydrogens is 567 g/mol. The molecular formula is C33H45N3O4S2. The third-order valence-electron chi connectivity index (χ3n) is 6.95. The van der Waals surface area contributed by atoms with Crippen molar-refractivity contribution in [2.75, 3.05) is 10.7 Å². The number of thiazole rings is 1. The van der Waals surface area contributed by atoms with Gasteiger partial charge in [0.15, 0.2) is 0 Å². The number of alkyl carbamates (subject to hydrolysis) is 1. The van der Waals surface area contributed by atoms with E-state index in [1.807, 2.05) is 6.20 Å². The zero-order valence-electron chi connectivity index (χ0n) is 25.8. The third kappa shape index (κ3) is 10.1. The molecule has 2 aromatic carbocycles. The van der Waals surface area contributed by atoms with E-state index in [0.717, 1.165) is 34.8 Å². The highest BCUT2D eigenvalue weighted by Crippen LogP contribution is 2.30. The molecule has 1 heterocycles. The number of carbonyl (C=O) groups excluding carboxylic acids is 1. The molecule has 1 atom stereocenters. The molecule has 0 saturated heterocycles. The Bertz CT molecular complexity index is 1280. The van der Waals surface area contributed by atoms with E-state index in [2.05, 4.69) is 91.4 Å². The van der Waals surface area contributed by atoms with Gasteiger partial charge in [0, 0.05) is 36.0 Å². The van der Waals surface area contributed by atoms with Crippen LogP contribution in [-0.4, -0.2) is 45.6 Å². The minimum absolute atomic E-state index is 0.213. The summed E-state index contributed by atoms with van der Waals surface area (Å²) in [5.41, 5.74) is 4.31. The first-order valence-electron chi connectivity index (χ1n) is 14.6. The summed E-state index contributed by atoms with van der Waals surface area (Å²) in [7, 11) is 0. The number of hydrogen-bond donors (Lipinski definition) is 2. The number of carboxylic acids is 1. The smallest absolute Gasteiger partial charge is 0.408 e. The average Bonchev–Trinajstić information content (AvgIpc) is 3.40. The SMILES string of the molecule is CCC(CC)c1ccc(N(Cc2ccc(-c3cnc(CSC[C@@H](NC(=O)OC(C)(C)C)C(=O)O)s3)cc2)C(C)C)cc1. The number of ether oxygens (including phenoxy) is 1. The number of nitrogens with zero attached hydrogens (tertiary/aromatic N) is 2. The van der Waals surface area contributed by atoms with Crippen LogP contribution in [0.25, 0.3) is 10.4 Å². The number of rotatable bonds is 14. The Morgan fingerprint density at radius 3 is 2.24 bits per heavy atom. The average molecular weight is 612 g/mol. The molecule has 1 amide bonds.